The summed E-state index contributed by atoms with van der Waals surface area (Å²) in [5.41, 5.74) is 1.98. The van der Waals surface area contributed by atoms with E-state index in [1.807, 2.05) is 60.7 Å². The lowest BCUT2D eigenvalue weighted by Crippen LogP contribution is -2.39. The molecule has 2 unspecified atom stereocenters. The van der Waals surface area contributed by atoms with Crippen LogP contribution in [0.1, 0.15) is 17.2 Å². The molecule has 2 aromatic rings. The summed E-state index contributed by atoms with van der Waals surface area (Å²) in [6.45, 7) is 0. The Bertz CT molecular complexity index is 577. The molecule has 22 heavy (non-hydrogen) atoms. The summed E-state index contributed by atoms with van der Waals surface area (Å²) in [5, 5.41) is 9.48. The minimum Gasteiger partial charge on any atom is -0.480 e. The topological polar surface area (TPSA) is 58.6 Å². The Morgan fingerprint density at radius 1 is 1.14 bits per heavy atom. The van der Waals surface area contributed by atoms with Gasteiger partial charge in [-0.15, -0.1) is 0 Å². The molecule has 0 amide bonds. The minimum absolute atomic E-state index is 0.540. The maximum atomic E-state index is 11.6. The Morgan fingerprint density at radius 3 is 2.27 bits per heavy atom. The second kappa shape index (κ2) is 8.58. The Balaban J connectivity index is 2.01. The molecule has 2 rings (SSSR count). The van der Waals surface area contributed by atoms with Crippen molar-refractivity contribution < 1.29 is 14.6 Å². The summed E-state index contributed by atoms with van der Waals surface area (Å²) in [4.78, 5) is 11.6. The molecule has 0 spiro atoms. The zero-order valence-corrected chi connectivity index (χ0v) is 13.1. The number of carbonyl (C=O) groups is 1. The molecule has 0 bridgehead atoms. The highest BCUT2D eigenvalue weighted by Gasteiger charge is 2.29. The monoisotopic (exact) mass is 317 g/mol. The van der Waals surface area contributed by atoms with E-state index < -0.39 is 18.1 Å². The van der Waals surface area contributed by atoms with Crippen molar-refractivity contribution in [2.45, 2.75) is 17.9 Å². The molecule has 0 aliphatic rings. The fraction of sp³-hybridized carbons (Fsp3) is 0.235. The lowest BCUT2D eigenvalue weighted by atomic mass is 10.0. The van der Waals surface area contributed by atoms with Gasteiger partial charge in [0, 0.05) is 12.9 Å². The summed E-state index contributed by atoms with van der Waals surface area (Å²) >= 11 is 1.37. The smallest absolute Gasteiger partial charge is 0.324 e. The van der Waals surface area contributed by atoms with E-state index in [0.717, 1.165) is 11.1 Å². The van der Waals surface area contributed by atoms with Crippen LogP contribution in [0.25, 0.3) is 0 Å². The number of carboxylic acids is 1. The Morgan fingerprint density at radius 2 is 1.73 bits per heavy atom. The van der Waals surface area contributed by atoms with E-state index in [4.69, 9.17) is 4.74 Å². The molecule has 4 nitrogen and oxygen atoms in total. The van der Waals surface area contributed by atoms with Crippen LogP contribution in [-0.4, -0.2) is 24.2 Å². The van der Waals surface area contributed by atoms with Gasteiger partial charge in [-0.05, 0) is 11.1 Å². The zero-order chi connectivity index (χ0) is 15.8. The largest absolute Gasteiger partial charge is 0.480 e. The van der Waals surface area contributed by atoms with Gasteiger partial charge in [0.25, 0.3) is 0 Å². The molecule has 116 valence electrons. The maximum Gasteiger partial charge on any atom is 0.324 e. The Hall–Kier alpha value is -1.82. The quantitative estimate of drug-likeness (QED) is 0.732. The second-order valence-corrected chi connectivity index (χ2v) is 5.59. The van der Waals surface area contributed by atoms with E-state index >= 15 is 0 Å². The molecule has 0 saturated heterocycles. The van der Waals surface area contributed by atoms with Gasteiger partial charge in [0.05, 0.1) is 0 Å². The van der Waals surface area contributed by atoms with E-state index in [1.54, 1.807) is 0 Å². The van der Waals surface area contributed by atoms with Crippen molar-refractivity contribution >= 4 is 17.9 Å². The predicted octanol–water partition coefficient (Wildman–Crippen LogP) is 3.27. The minimum atomic E-state index is -0.934. The van der Waals surface area contributed by atoms with Crippen LogP contribution >= 0.6 is 11.9 Å². The molecule has 0 aromatic heterocycles. The third kappa shape index (κ3) is 4.59. The van der Waals surface area contributed by atoms with E-state index in [-0.39, 0.29) is 0 Å². The van der Waals surface area contributed by atoms with Crippen molar-refractivity contribution in [1.29, 1.82) is 0 Å². The van der Waals surface area contributed by atoms with Crippen molar-refractivity contribution in [2.24, 2.45) is 0 Å². The van der Waals surface area contributed by atoms with Gasteiger partial charge < -0.3 is 9.84 Å². The van der Waals surface area contributed by atoms with Crippen molar-refractivity contribution in [3.8, 4) is 0 Å². The first-order valence-electron chi connectivity index (χ1n) is 6.94. The van der Waals surface area contributed by atoms with Gasteiger partial charge in [0.2, 0.25) is 0 Å². The number of hydrogen-bond acceptors (Lipinski definition) is 4. The van der Waals surface area contributed by atoms with Gasteiger partial charge in [-0.25, -0.2) is 4.72 Å². The van der Waals surface area contributed by atoms with Gasteiger partial charge in [0.1, 0.15) is 12.1 Å². The number of ether oxygens (including phenoxy) is 1. The molecule has 2 N–H and O–H groups in total. The van der Waals surface area contributed by atoms with Gasteiger partial charge in [-0.3, -0.25) is 4.79 Å². The first-order chi connectivity index (χ1) is 10.7. The molecular formula is C17H19NO3S. The van der Waals surface area contributed by atoms with Crippen LogP contribution in [-0.2, 0) is 15.3 Å². The maximum absolute atomic E-state index is 11.6. The van der Waals surface area contributed by atoms with E-state index in [0.29, 0.717) is 5.75 Å². The molecular weight excluding hydrogens is 298 g/mol. The number of methoxy groups -OCH3 is 1. The first-order valence-corrected chi connectivity index (χ1v) is 7.92. The molecule has 0 radical (unpaired) electrons. The van der Waals surface area contributed by atoms with Crippen LogP contribution in [0.2, 0.25) is 0 Å². The predicted molar refractivity (Wildman–Crippen MR) is 88.5 cm³/mol. The van der Waals surface area contributed by atoms with Crippen LogP contribution in [0.15, 0.2) is 60.7 Å². The van der Waals surface area contributed by atoms with Crippen molar-refractivity contribution in [1.82, 2.24) is 4.72 Å². The first kappa shape index (κ1) is 16.5. The third-order valence-electron chi connectivity index (χ3n) is 3.24. The molecule has 2 aromatic carbocycles. The Kier molecular flexibility index (Phi) is 6.45. The lowest BCUT2D eigenvalue weighted by molar-refractivity contribution is -0.142. The molecule has 5 heteroatoms. The van der Waals surface area contributed by atoms with Crippen LogP contribution < -0.4 is 4.72 Å². The number of aliphatic carboxylic acids is 1. The lowest BCUT2D eigenvalue weighted by Gasteiger charge is -2.23. The number of rotatable bonds is 8. The van der Waals surface area contributed by atoms with Crippen molar-refractivity contribution in [3.05, 3.63) is 71.8 Å². The molecule has 0 aliphatic carbocycles. The van der Waals surface area contributed by atoms with Crippen molar-refractivity contribution in [3.63, 3.8) is 0 Å². The van der Waals surface area contributed by atoms with Crippen LogP contribution in [0.5, 0.6) is 0 Å². The fourth-order valence-corrected chi connectivity index (χ4v) is 2.98. The molecule has 0 aliphatic heterocycles. The number of carboxylic acid groups (broad SMARTS) is 1. The number of benzene rings is 2. The van der Waals surface area contributed by atoms with E-state index in [9.17, 15) is 9.90 Å². The highest BCUT2D eigenvalue weighted by atomic mass is 32.2. The number of nitrogens with one attached hydrogen (secondary N) is 1. The van der Waals surface area contributed by atoms with E-state index in [2.05, 4.69) is 4.72 Å². The van der Waals surface area contributed by atoms with E-state index in [1.165, 1.54) is 19.1 Å². The second-order valence-electron chi connectivity index (χ2n) is 4.78. The number of hydrogen-bond donors (Lipinski definition) is 2. The van der Waals surface area contributed by atoms with Crippen LogP contribution in [0, 0.1) is 0 Å². The van der Waals surface area contributed by atoms with Crippen LogP contribution in [0.3, 0.4) is 0 Å². The highest BCUT2D eigenvalue weighted by molar-refractivity contribution is 7.96. The van der Waals surface area contributed by atoms with Gasteiger partial charge in [-0.1, -0.05) is 72.6 Å². The SMILES string of the molecule is COC(c1ccccc1)C(NSCc1ccccc1)C(=O)O. The standard InChI is InChI=1S/C17H19NO3S/c1-21-16(14-10-6-3-7-11-14)15(17(19)20)18-22-12-13-8-4-2-5-9-13/h2-11,15-16,18H,12H2,1H3,(H,19,20). The zero-order valence-electron chi connectivity index (χ0n) is 12.3. The van der Waals surface area contributed by atoms with Gasteiger partial charge in [0.15, 0.2) is 0 Å². The average molecular weight is 317 g/mol. The van der Waals surface area contributed by atoms with Crippen molar-refractivity contribution in [2.75, 3.05) is 7.11 Å². The Labute approximate surface area is 134 Å². The average Bonchev–Trinajstić information content (AvgIpc) is 2.56. The molecule has 2 atom stereocenters. The van der Waals surface area contributed by atoms with Crippen LogP contribution in [0.4, 0.5) is 0 Å². The summed E-state index contributed by atoms with van der Waals surface area (Å²) in [5.74, 6) is -0.244. The summed E-state index contributed by atoms with van der Waals surface area (Å²) in [6.07, 6.45) is -0.540. The molecule has 0 saturated carbocycles. The fourth-order valence-electron chi connectivity index (χ4n) is 2.14. The summed E-state index contributed by atoms with van der Waals surface area (Å²) in [6, 6.07) is 18.5. The summed E-state index contributed by atoms with van der Waals surface area (Å²) < 4.78 is 8.42. The van der Waals surface area contributed by atoms with Gasteiger partial charge >= 0.3 is 5.97 Å². The summed E-state index contributed by atoms with van der Waals surface area (Å²) in [7, 11) is 1.52. The molecule has 0 heterocycles. The molecule has 0 fully saturated rings. The third-order valence-corrected chi connectivity index (χ3v) is 4.14. The normalized spacial score (nSPS) is 13.5. The highest BCUT2D eigenvalue weighted by Crippen LogP contribution is 2.23. The van der Waals surface area contributed by atoms with Gasteiger partial charge in [-0.2, -0.15) is 0 Å².